The maximum absolute atomic E-state index is 5.97. The largest absolute Gasteiger partial charge is 0.496 e. The first-order chi connectivity index (χ1) is 9.15. The number of hydrogen-bond acceptors (Lipinski definition) is 5. The van der Waals surface area contributed by atoms with Crippen LogP contribution >= 0.6 is 15.9 Å². The molecule has 2 aromatic rings. The number of halogens is 1. The number of aromatic nitrogens is 2. The van der Waals surface area contributed by atoms with Crippen molar-refractivity contribution >= 4 is 15.9 Å². The Kier molecular flexibility index (Phi) is 4.55. The third-order valence-electron chi connectivity index (χ3n) is 2.77. The Bertz CT molecular complexity index is 557. The number of ether oxygens (including phenoxy) is 1. The summed E-state index contributed by atoms with van der Waals surface area (Å²) in [5.74, 6) is 1.63. The lowest BCUT2D eigenvalue weighted by molar-refractivity contribution is 0.399. The average Bonchev–Trinajstić information content (AvgIpc) is 2.88. The minimum atomic E-state index is -0.191. The highest BCUT2D eigenvalue weighted by molar-refractivity contribution is 9.10. The number of benzene rings is 1. The van der Waals surface area contributed by atoms with Crippen LogP contribution < -0.4 is 10.5 Å². The van der Waals surface area contributed by atoms with Gasteiger partial charge in [0.1, 0.15) is 5.75 Å². The molecule has 0 saturated carbocycles. The number of methoxy groups -OCH3 is 1. The summed E-state index contributed by atoms with van der Waals surface area (Å²) in [6, 6.07) is 5.42. The lowest BCUT2D eigenvalue weighted by atomic mass is 10.1. The van der Waals surface area contributed by atoms with Crippen molar-refractivity contribution in [2.24, 2.45) is 5.73 Å². The van der Waals surface area contributed by atoms with Crippen LogP contribution in [-0.2, 0) is 0 Å². The maximum Gasteiger partial charge on any atom is 0.261 e. The molecule has 0 fully saturated rings. The zero-order chi connectivity index (χ0) is 13.8. The predicted octanol–water partition coefficient (Wildman–Crippen LogP) is 3.31. The highest BCUT2D eigenvalue weighted by Gasteiger charge is 2.17. The van der Waals surface area contributed by atoms with Crippen LogP contribution in [0.15, 0.2) is 27.2 Å². The Hall–Kier alpha value is -1.40. The molecule has 0 bridgehead atoms. The van der Waals surface area contributed by atoms with E-state index in [0.29, 0.717) is 17.5 Å². The summed E-state index contributed by atoms with van der Waals surface area (Å²) >= 11 is 3.39. The van der Waals surface area contributed by atoms with E-state index in [1.165, 1.54) is 0 Å². The van der Waals surface area contributed by atoms with Crippen molar-refractivity contribution in [3.63, 3.8) is 0 Å². The van der Waals surface area contributed by atoms with Crippen molar-refractivity contribution in [3.8, 4) is 17.2 Å². The van der Waals surface area contributed by atoms with Gasteiger partial charge in [-0.1, -0.05) is 34.4 Å². The first kappa shape index (κ1) is 14.0. The van der Waals surface area contributed by atoms with Crippen LogP contribution in [0.3, 0.4) is 0 Å². The fourth-order valence-corrected chi connectivity index (χ4v) is 2.12. The monoisotopic (exact) mass is 325 g/mol. The molecule has 2 N–H and O–H groups in total. The fraction of sp³-hybridized carbons (Fsp3) is 0.385. The molecule has 0 spiro atoms. The Morgan fingerprint density at radius 1 is 1.47 bits per heavy atom. The second-order valence-corrected chi connectivity index (χ2v) is 5.11. The van der Waals surface area contributed by atoms with Gasteiger partial charge in [0.25, 0.3) is 5.89 Å². The molecule has 0 amide bonds. The highest BCUT2D eigenvalue weighted by Crippen LogP contribution is 2.31. The zero-order valence-electron chi connectivity index (χ0n) is 10.9. The molecular formula is C13H16BrN3O2. The van der Waals surface area contributed by atoms with Crippen molar-refractivity contribution in [3.05, 3.63) is 28.5 Å². The molecule has 0 radical (unpaired) electrons. The van der Waals surface area contributed by atoms with Crippen LogP contribution in [0.5, 0.6) is 5.75 Å². The van der Waals surface area contributed by atoms with Gasteiger partial charge in [-0.25, -0.2) is 0 Å². The van der Waals surface area contributed by atoms with Gasteiger partial charge in [-0.3, -0.25) is 0 Å². The maximum atomic E-state index is 5.97. The van der Waals surface area contributed by atoms with Crippen molar-refractivity contribution in [2.45, 2.75) is 25.8 Å². The molecule has 6 heteroatoms. The molecule has 1 heterocycles. The van der Waals surface area contributed by atoms with Gasteiger partial charge in [0.15, 0.2) is 5.82 Å². The normalized spacial score (nSPS) is 12.4. The number of hydrogen-bond donors (Lipinski definition) is 1. The van der Waals surface area contributed by atoms with E-state index >= 15 is 0 Å². The second kappa shape index (κ2) is 6.16. The van der Waals surface area contributed by atoms with E-state index in [9.17, 15) is 0 Å². The number of nitrogens with zero attached hydrogens (tertiary/aromatic N) is 2. The summed E-state index contributed by atoms with van der Waals surface area (Å²) < 4.78 is 11.5. The van der Waals surface area contributed by atoms with Crippen LogP contribution in [0.2, 0.25) is 0 Å². The van der Waals surface area contributed by atoms with Crippen molar-refractivity contribution in [2.75, 3.05) is 7.11 Å². The van der Waals surface area contributed by atoms with Crippen LogP contribution in [-0.4, -0.2) is 17.3 Å². The molecule has 0 aliphatic rings. The summed E-state index contributed by atoms with van der Waals surface area (Å²) in [6.45, 7) is 2.07. The smallest absolute Gasteiger partial charge is 0.261 e. The average molecular weight is 326 g/mol. The van der Waals surface area contributed by atoms with Gasteiger partial charge in [-0.05, 0) is 24.6 Å². The Labute approximate surface area is 120 Å². The summed E-state index contributed by atoms with van der Waals surface area (Å²) in [5.41, 5.74) is 6.73. The van der Waals surface area contributed by atoms with Crippen LogP contribution in [0, 0.1) is 0 Å². The van der Waals surface area contributed by atoms with Crippen LogP contribution in [0.25, 0.3) is 11.5 Å². The van der Waals surface area contributed by atoms with Gasteiger partial charge in [-0.2, -0.15) is 4.98 Å². The van der Waals surface area contributed by atoms with E-state index in [-0.39, 0.29) is 6.04 Å². The standard InChI is InChI=1S/C13H16BrN3O2/c1-3-4-10(15)12-16-13(19-17-12)9-6-5-8(14)7-11(9)18-2/h5-7,10H,3-4,15H2,1-2H3. The minimum Gasteiger partial charge on any atom is -0.496 e. The molecule has 5 nitrogen and oxygen atoms in total. The molecule has 1 unspecified atom stereocenters. The van der Waals surface area contributed by atoms with Gasteiger partial charge in [0, 0.05) is 4.47 Å². The molecule has 0 aliphatic carbocycles. The van der Waals surface area contributed by atoms with E-state index in [0.717, 1.165) is 22.9 Å². The Morgan fingerprint density at radius 2 is 2.26 bits per heavy atom. The van der Waals surface area contributed by atoms with Gasteiger partial charge >= 0.3 is 0 Å². The van der Waals surface area contributed by atoms with Gasteiger partial charge in [-0.15, -0.1) is 0 Å². The molecule has 0 saturated heterocycles. The van der Waals surface area contributed by atoms with E-state index in [2.05, 4.69) is 33.0 Å². The van der Waals surface area contributed by atoms with Crippen molar-refractivity contribution in [1.29, 1.82) is 0 Å². The van der Waals surface area contributed by atoms with Gasteiger partial charge in [0.2, 0.25) is 0 Å². The van der Waals surface area contributed by atoms with Gasteiger partial charge in [0.05, 0.1) is 18.7 Å². The van der Waals surface area contributed by atoms with Gasteiger partial charge < -0.3 is 15.0 Å². The summed E-state index contributed by atoms with van der Waals surface area (Å²) in [7, 11) is 1.60. The summed E-state index contributed by atoms with van der Waals surface area (Å²) in [5, 5.41) is 3.93. The molecule has 19 heavy (non-hydrogen) atoms. The molecule has 2 rings (SSSR count). The second-order valence-electron chi connectivity index (χ2n) is 4.20. The molecule has 1 aromatic heterocycles. The molecular weight excluding hydrogens is 310 g/mol. The molecule has 0 aliphatic heterocycles. The van der Waals surface area contributed by atoms with Crippen molar-refractivity contribution < 1.29 is 9.26 Å². The SMILES string of the molecule is CCCC(N)c1noc(-c2ccc(Br)cc2OC)n1. The topological polar surface area (TPSA) is 74.2 Å². The van der Waals surface area contributed by atoms with E-state index in [4.69, 9.17) is 15.0 Å². The Balaban J connectivity index is 2.32. The highest BCUT2D eigenvalue weighted by atomic mass is 79.9. The molecule has 1 atom stereocenters. The summed E-state index contributed by atoms with van der Waals surface area (Å²) in [4.78, 5) is 4.34. The van der Waals surface area contributed by atoms with E-state index in [1.54, 1.807) is 7.11 Å². The number of rotatable bonds is 5. The van der Waals surface area contributed by atoms with Crippen molar-refractivity contribution in [1.82, 2.24) is 10.1 Å². The molecule has 1 aromatic carbocycles. The summed E-state index contributed by atoms with van der Waals surface area (Å²) in [6.07, 6.45) is 1.81. The Morgan fingerprint density at radius 3 is 2.95 bits per heavy atom. The quantitative estimate of drug-likeness (QED) is 0.912. The first-order valence-electron chi connectivity index (χ1n) is 6.08. The number of nitrogens with two attached hydrogens (primary N) is 1. The third kappa shape index (κ3) is 3.13. The van der Waals surface area contributed by atoms with E-state index in [1.807, 2.05) is 18.2 Å². The van der Waals surface area contributed by atoms with Crippen LogP contribution in [0.1, 0.15) is 31.6 Å². The zero-order valence-corrected chi connectivity index (χ0v) is 12.5. The fourth-order valence-electron chi connectivity index (χ4n) is 1.78. The third-order valence-corrected chi connectivity index (χ3v) is 3.26. The van der Waals surface area contributed by atoms with E-state index < -0.39 is 0 Å². The minimum absolute atomic E-state index is 0.191. The predicted molar refractivity (Wildman–Crippen MR) is 75.8 cm³/mol. The lowest BCUT2D eigenvalue weighted by Crippen LogP contribution is -2.11. The molecule has 102 valence electrons. The first-order valence-corrected chi connectivity index (χ1v) is 6.88. The van der Waals surface area contributed by atoms with Crippen LogP contribution in [0.4, 0.5) is 0 Å². The lowest BCUT2D eigenvalue weighted by Gasteiger charge is -2.05.